The van der Waals surface area contributed by atoms with Gasteiger partial charge < -0.3 is 19.7 Å². The maximum absolute atomic E-state index is 12.8. The minimum absolute atomic E-state index is 0.123. The molecule has 1 aliphatic rings. The summed E-state index contributed by atoms with van der Waals surface area (Å²) in [4.78, 5) is 27.1. The number of rotatable bonds is 5. The minimum Gasteiger partial charge on any atom is -0.496 e. The van der Waals surface area contributed by atoms with Gasteiger partial charge in [-0.1, -0.05) is 42.5 Å². The molecule has 0 saturated carbocycles. The average Bonchev–Trinajstić information content (AvgIpc) is 2.73. The molecule has 1 heterocycles. The van der Waals surface area contributed by atoms with Crippen molar-refractivity contribution in [2.24, 2.45) is 0 Å². The van der Waals surface area contributed by atoms with Crippen LogP contribution < -0.4 is 10.1 Å². The fourth-order valence-electron chi connectivity index (χ4n) is 3.16. The van der Waals surface area contributed by atoms with Crippen LogP contribution in [0.5, 0.6) is 5.75 Å². The largest absolute Gasteiger partial charge is 0.496 e. The quantitative estimate of drug-likeness (QED) is 0.880. The molecule has 2 aromatic carbocycles. The Hall–Kier alpha value is -2.86. The number of carbonyl (C=O) groups excluding carboxylic acids is 2. The highest BCUT2D eigenvalue weighted by molar-refractivity contribution is 5.99. The molecular weight excluding hydrogens is 344 g/mol. The summed E-state index contributed by atoms with van der Waals surface area (Å²) in [7, 11) is 1.51. The minimum atomic E-state index is -0.642. The number of benzene rings is 2. The van der Waals surface area contributed by atoms with Crippen LogP contribution in [0.25, 0.3) is 0 Å². The number of hydrogen-bond donors (Lipinski definition) is 1. The second-order valence-corrected chi connectivity index (χ2v) is 6.45. The zero-order chi connectivity index (χ0) is 19.2. The number of nitrogens with zero attached hydrogens (tertiary/aromatic N) is 1. The van der Waals surface area contributed by atoms with Gasteiger partial charge in [0.1, 0.15) is 17.9 Å². The number of para-hydroxylation sites is 1. The molecule has 6 nitrogen and oxygen atoms in total. The molecule has 3 rings (SSSR count). The molecule has 1 saturated heterocycles. The van der Waals surface area contributed by atoms with Gasteiger partial charge in [-0.25, -0.2) is 0 Å². The predicted molar refractivity (Wildman–Crippen MR) is 102 cm³/mol. The van der Waals surface area contributed by atoms with Gasteiger partial charge in [0.05, 0.1) is 25.8 Å². The SMILES string of the molecule is COc1ccccc1C(=O)N[C@@H](C)C(=O)N1CCOC(c2ccccc2)C1. The third-order valence-corrected chi connectivity index (χ3v) is 4.62. The third kappa shape index (κ3) is 4.46. The van der Waals surface area contributed by atoms with Gasteiger partial charge in [0.25, 0.3) is 5.91 Å². The number of ether oxygens (including phenoxy) is 2. The van der Waals surface area contributed by atoms with E-state index in [1.165, 1.54) is 7.11 Å². The zero-order valence-electron chi connectivity index (χ0n) is 15.6. The zero-order valence-corrected chi connectivity index (χ0v) is 15.6. The Morgan fingerprint density at radius 3 is 2.59 bits per heavy atom. The highest BCUT2D eigenvalue weighted by Crippen LogP contribution is 2.22. The van der Waals surface area contributed by atoms with Gasteiger partial charge in [-0.2, -0.15) is 0 Å². The first-order valence-corrected chi connectivity index (χ1v) is 8.99. The smallest absolute Gasteiger partial charge is 0.255 e. The van der Waals surface area contributed by atoms with Crippen molar-refractivity contribution in [3.63, 3.8) is 0 Å². The van der Waals surface area contributed by atoms with Crippen molar-refractivity contribution < 1.29 is 19.1 Å². The highest BCUT2D eigenvalue weighted by atomic mass is 16.5. The second kappa shape index (κ2) is 8.68. The van der Waals surface area contributed by atoms with E-state index in [4.69, 9.17) is 9.47 Å². The molecule has 0 aromatic heterocycles. The topological polar surface area (TPSA) is 67.9 Å². The summed E-state index contributed by atoms with van der Waals surface area (Å²) < 4.78 is 11.0. The number of nitrogens with one attached hydrogen (secondary N) is 1. The van der Waals surface area contributed by atoms with Gasteiger partial charge in [-0.3, -0.25) is 9.59 Å². The van der Waals surface area contributed by atoms with Crippen LogP contribution in [0, 0.1) is 0 Å². The third-order valence-electron chi connectivity index (χ3n) is 4.62. The maximum Gasteiger partial charge on any atom is 0.255 e. The van der Waals surface area contributed by atoms with Crippen molar-refractivity contribution in [2.45, 2.75) is 19.1 Å². The summed E-state index contributed by atoms with van der Waals surface area (Å²) in [5, 5.41) is 2.77. The Kier molecular flexibility index (Phi) is 6.08. The standard InChI is InChI=1S/C21H24N2O4/c1-15(22-20(24)17-10-6-7-11-18(17)26-2)21(25)23-12-13-27-19(14-23)16-8-4-3-5-9-16/h3-11,15,19H,12-14H2,1-2H3,(H,22,24)/t15-,19?/m0/s1. The second-order valence-electron chi connectivity index (χ2n) is 6.45. The van der Waals surface area contributed by atoms with E-state index >= 15 is 0 Å². The normalized spacial score (nSPS) is 17.9. The summed E-state index contributed by atoms with van der Waals surface area (Å²) >= 11 is 0. The van der Waals surface area contributed by atoms with Crippen molar-refractivity contribution in [1.29, 1.82) is 0 Å². The van der Waals surface area contributed by atoms with Crippen molar-refractivity contribution in [2.75, 3.05) is 26.8 Å². The van der Waals surface area contributed by atoms with Gasteiger partial charge >= 0.3 is 0 Å². The molecule has 2 amide bonds. The van der Waals surface area contributed by atoms with Gasteiger partial charge in [-0.05, 0) is 24.6 Å². The lowest BCUT2D eigenvalue weighted by molar-refractivity contribution is -0.140. The molecule has 2 aromatic rings. The van der Waals surface area contributed by atoms with E-state index in [0.29, 0.717) is 31.0 Å². The molecular formula is C21H24N2O4. The monoisotopic (exact) mass is 368 g/mol. The molecule has 6 heteroatoms. The van der Waals surface area contributed by atoms with Crippen molar-refractivity contribution in [3.05, 3.63) is 65.7 Å². The number of morpholine rings is 1. The van der Waals surface area contributed by atoms with Gasteiger partial charge in [-0.15, -0.1) is 0 Å². The molecule has 0 aliphatic carbocycles. The molecule has 27 heavy (non-hydrogen) atoms. The lowest BCUT2D eigenvalue weighted by Crippen LogP contribution is -2.51. The molecule has 0 spiro atoms. The van der Waals surface area contributed by atoms with Crippen LogP contribution in [-0.2, 0) is 9.53 Å². The Balaban J connectivity index is 1.63. The molecule has 1 unspecified atom stereocenters. The van der Waals surface area contributed by atoms with E-state index in [9.17, 15) is 9.59 Å². The highest BCUT2D eigenvalue weighted by Gasteiger charge is 2.29. The number of hydrogen-bond acceptors (Lipinski definition) is 4. The van der Waals surface area contributed by atoms with Gasteiger partial charge in [0.15, 0.2) is 0 Å². The van der Waals surface area contributed by atoms with Crippen LogP contribution in [0.3, 0.4) is 0 Å². The van der Waals surface area contributed by atoms with Crippen LogP contribution in [-0.4, -0.2) is 49.6 Å². The summed E-state index contributed by atoms with van der Waals surface area (Å²) in [5.41, 5.74) is 1.45. The lowest BCUT2D eigenvalue weighted by atomic mass is 10.1. The molecule has 1 aliphatic heterocycles. The number of amides is 2. The Bertz CT molecular complexity index is 794. The van der Waals surface area contributed by atoms with E-state index in [2.05, 4.69) is 5.32 Å². The van der Waals surface area contributed by atoms with Crippen LogP contribution in [0.1, 0.15) is 28.9 Å². The van der Waals surface area contributed by atoms with Crippen LogP contribution >= 0.6 is 0 Å². The molecule has 2 atom stereocenters. The summed E-state index contributed by atoms with van der Waals surface area (Å²) in [5.74, 6) is 0.0220. The van der Waals surface area contributed by atoms with Crippen LogP contribution in [0.15, 0.2) is 54.6 Å². The van der Waals surface area contributed by atoms with E-state index in [1.807, 2.05) is 30.3 Å². The first kappa shape index (κ1) is 18.9. The number of carbonyl (C=O) groups is 2. The molecule has 0 radical (unpaired) electrons. The molecule has 1 N–H and O–H groups in total. The van der Waals surface area contributed by atoms with Crippen LogP contribution in [0.2, 0.25) is 0 Å². The first-order valence-electron chi connectivity index (χ1n) is 8.99. The Morgan fingerprint density at radius 2 is 1.85 bits per heavy atom. The Labute approximate surface area is 159 Å². The number of methoxy groups -OCH3 is 1. The van der Waals surface area contributed by atoms with E-state index in [-0.39, 0.29) is 17.9 Å². The van der Waals surface area contributed by atoms with Gasteiger partial charge in [0, 0.05) is 6.54 Å². The molecule has 0 bridgehead atoms. The molecule has 1 fully saturated rings. The predicted octanol–water partition coefficient (Wildman–Crippen LogP) is 2.41. The van der Waals surface area contributed by atoms with Crippen molar-refractivity contribution in [1.82, 2.24) is 10.2 Å². The summed E-state index contributed by atoms with van der Waals surface area (Å²) in [6.07, 6.45) is -0.152. The van der Waals surface area contributed by atoms with Gasteiger partial charge in [0.2, 0.25) is 5.91 Å². The maximum atomic E-state index is 12.8. The molecule has 142 valence electrons. The van der Waals surface area contributed by atoms with E-state index < -0.39 is 6.04 Å². The van der Waals surface area contributed by atoms with E-state index in [0.717, 1.165) is 5.56 Å². The lowest BCUT2D eigenvalue weighted by Gasteiger charge is -2.34. The van der Waals surface area contributed by atoms with Crippen molar-refractivity contribution >= 4 is 11.8 Å². The Morgan fingerprint density at radius 1 is 1.15 bits per heavy atom. The van der Waals surface area contributed by atoms with Crippen molar-refractivity contribution in [3.8, 4) is 5.75 Å². The van der Waals surface area contributed by atoms with E-state index in [1.54, 1.807) is 36.1 Å². The fraction of sp³-hybridized carbons (Fsp3) is 0.333. The summed E-state index contributed by atoms with van der Waals surface area (Å²) in [6.45, 7) is 3.15. The summed E-state index contributed by atoms with van der Waals surface area (Å²) in [6, 6.07) is 16.1. The fourth-order valence-corrected chi connectivity index (χ4v) is 3.16. The first-order chi connectivity index (χ1) is 13.1. The average molecular weight is 368 g/mol. The van der Waals surface area contributed by atoms with Crippen LogP contribution in [0.4, 0.5) is 0 Å².